The van der Waals surface area contributed by atoms with E-state index in [0.717, 1.165) is 48.2 Å². The van der Waals surface area contributed by atoms with Gasteiger partial charge in [0.15, 0.2) is 0 Å². The van der Waals surface area contributed by atoms with E-state index in [4.69, 9.17) is 9.72 Å². The molecule has 0 aliphatic carbocycles. The van der Waals surface area contributed by atoms with E-state index < -0.39 is 0 Å². The number of hydrogen-bond acceptors (Lipinski definition) is 6. The summed E-state index contributed by atoms with van der Waals surface area (Å²) >= 11 is 0. The Bertz CT molecular complexity index is 1020. The summed E-state index contributed by atoms with van der Waals surface area (Å²) in [6.07, 6.45) is 2.27. The maximum Gasteiger partial charge on any atom is 0.228 e. The van der Waals surface area contributed by atoms with Gasteiger partial charge >= 0.3 is 0 Å². The van der Waals surface area contributed by atoms with Crippen LogP contribution in [0.3, 0.4) is 0 Å². The lowest BCUT2D eigenvalue weighted by Crippen LogP contribution is -2.24. The fourth-order valence-corrected chi connectivity index (χ4v) is 4.15. The van der Waals surface area contributed by atoms with Crippen LogP contribution in [0.15, 0.2) is 42.5 Å². The first-order chi connectivity index (χ1) is 14.5. The van der Waals surface area contributed by atoms with Crippen molar-refractivity contribution in [2.75, 3.05) is 19.0 Å². The summed E-state index contributed by atoms with van der Waals surface area (Å²) in [5, 5.41) is 3.27. The third-order valence-electron chi connectivity index (χ3n) is 5.51. The third kappa shape index (κ3) is 4.60. The SMILES string of the molecule is COc1cc(C)ccc1CN1CCC[C@@H]1c1cccc(Nc2nc(C)cc(C)n2)n1. The molecule has 0 radical (unpaired) electrons. The topological polar surface area (TPSA) is 63.2 Å². The molecule has 2 aromatic heterocycles. The molecule has 6 nitrogen and oxygen atoms in total. The van der Waals surface area contributed by atoms with Gasteiger partial charge in [0.25, 0.3) is 0 Å². The first kappa shape index (κ1) is 20.3. The Morgan fingerprint density at radius 2 is 1.83 bits per heavy atom. The highest BCUT2D eigenvalue weighted by molar-refractivity contribution is 5.48. The largest absolute Gasteiger partial charge is 0.496 e. The summed E-state index contributed by atoms with van der Waals surface area (Å²) in [6.45, 7) is 7.95. The molecule has 0 spiro atoms. The van der Waals surface area contributed by atoms with Gasteiger partial charge in [-0.2, -0.15) is 0 Å². The summed E-state index contributed by atoms with van der Waals surface area (Å²) in [5.41, 5.74) is 5.38. The Labute approximate surface area is 178 Å². The molecule has 1 aromatic carbocycles. The Hall–Kier alpha value is -2.99. The lowest BCUT2D eigenvalue weighted by molar-refractivity contribution is 0.240. The highest BCUT2D eigenvalue weighted by atomic mass is 16.5. The van der Waals surface area contributed by atoms with Crippen LogP contribution >= 0.6 is 0 Å². The number of aryl methyl sites for hydroxylation is 3. The lowest BCUT2D eigenvalue weighted by atomic mass is 10.1. The zero-order chi connectivity index (χ0) is 21.1. The van der Waals surface area contributed by atoms with Crippen LogP contribution in [0.1, 0.15) is 47.1 Å². The second-order valence-corrected chi connectivity index (χ2v) is 7.99. The average molecular weight is 404 g/mol. The zero-order valence-electron chi connectivity index (χ0n) is 18.1. The smallest absolute Gasteiger partial charge is 0.228 e. The minimum Gasteiger partial charge on any atom is -0.496 e. The summed E-state index contributed by atoms with van der Waals surface area (Å²) in [7, 11) is 1.74. The van der Waals surface area contributed by atoms with Crippen LogP contribution in [0.25, 0.3) is 0 Å². The second kappa shape index (κ2) is 8.79. The molecule has 1 saturated heterocycles. The predicted octanol–water partition coefficient (Wildman–Crippen LogP) is 4.89. The molecule has 4 rings (SSSR count). The molecule has 30 heavy (non-hydrogen) atoms. The minimum absolute atomic E-state index is 0.290. The number of pyridine rings is 1. The molecule has 1 atom stereocenters. The summed E-state index contributed by atoms with van der Waals surface area (Å²) in [4.78, 5) is 16.3. The fraction of sp³-hybridized carbons (Fsp3) is 0.375. The summed E-state index contributed by atoms with van der Waals surface area (Å²) in [6, 6.07) is 14.8. The lowest BCUT2D eigenvalue weighted by Gasteiger charge is -2.25. The van der Waals surface area contributed by atoms with Crippen molar-refractivity contribution in [1.29, 1.82) is 0 Å². The molecule has 3 heterocycles. The van der Waals surface area contributed by atoms with E-state index in [-0.39, 0.29) is 6.04 Å². The zero-order valence-corrected chi connectivity index (χ0v) is 18.1. The highest BCUT2D eigenvalue weighted by Crippen LogP contribution is 2.34. The second-order valence-electron chi connectivity index (χ2n) is 7.99. The number of nitrogens with zero attached hydrogens (tertiary/aromatic N) is 4. The Morgan fingerprint density at radius 3 is 2.60 bits per heavy atom. The van der Waals surface area contributed by atoms with E-state index in [1.807, 2.05) is 26.0 Å². The van der Waals surface area contributed by atoms with Crippen molar-refractivity contribution >= 4 is 11.8 Å². The van der Waals surface area contributed by atoms with E-state index in [1.165, 1.54) is 17.5 Å². The van der Waals surface area contributed by atoms with Gasteiger partial charge in [0, 0.05) is 23.5 Å². The van der Waals surface area contributed by atoms with Gasteiger partial charge in [-0.3, -0.25) is 4.90 Å². The molecule has 0 saturated carbocycles. The Morgan fingerprint density at radius 1 is 1.03 bits per heavy atom. The monoisotopic (exact) mass is 403 g/mol. The van der Waals surface area contributed by atoms with Crippen LogP contribution in [-0.4, -0.2) is 33.5 Å². The van der Waals surface area contributed by atoms with Gasteiger partial charge in [-0.25, -0.2) is 15.0 Å². The molecule has 3 aromatic rings. The number of hydrogen-bond donors (Lipinski definition) is 1. The van der Waals surface area contributed by atoms with Gasteiger partial charge in [-0.1, -0.05) is 18.2 Å². The first-order valence-electron chi connectivity index (χ1n) is 10.5. The molecule has 6 heteroatoms. The molecule has 1 fully saturated rings. The van der Waals surface area contributed by atoms with E-state index in [9.17, 15) is 0 Å². The number of ether oxygens (including phenoxy) is 1. The fourth-order valence-electron chi connectivity index (χ4n) is 4.15. The molecule has 1 aliphatic rings. The molecule has 0 bridgehead atoms. The van der Waals surface area contributed by atoms with E-state index >= 15 is 0 Å². The van der Waals surface area contributed by atoms with Crippen LogP contribution in [0.5, 0.6) is 5.75 Å². The van der Waals surface area contributed by atoms with Crippen molar-refractivity contribution in [3.05, 3.63) is 70.7 Å². The van der Waals surface area contributed by atoms with E-state index in [2.05, 4.69) is 57.4 Å². The van der Waals surface area contributed by atoms with Gasteiger partial charge in [0.05, 0.1) is 18.8 Å². The van der Waals surface area contributed by atoms with Crippen LogP contribution in [0.2, 0.25) is 0 Å². The number of rotatable bonds is 6. The summed E-state index contributed by atoms with van der Waals surface area (Å²) < 4.78 is 5.62. The quantitative estimate of drug-likeness (QED) is 0.632. The van der Waals surface area contributed by atoms with Crippen molar-refractivity contribution in [2.24, 2.45) is 0 Å². The first-order valence-corrected chi connectivity index (χ1v) is 10.5. The van der Waals surface area contributed by atoms with Crippen LogP contribution in [0.4, 0.5) is 11.8 Å². The standard InChI is InChI=1S/C24H29N5O/c1-16-10-11-19(22(13-16)30-4)15-29-12-6-8-21(29)20-7-5-9-23(27-20)28-24-25-17(2)14-18(3)26-24/h5,7,9-11,13-14,21H,6,8,12,15H2,1-4H3,(H,25,26,27,28)/t21-/m1/s1. The third-order valence-corrected chi connectivity index (χ3v) is 5.51. The normalized spacial score (nSPS) is 16.6. The number of methoxy groups -OCH3 is 1. The van der Waals surface area contributed by atoms with Crippen molar-refractivity contribution in [3.8, 4) is 5.75 Å². The van der Waals surface area contributed by atoms with E-state index in [1.54, 1.807) is 7.11 Å². The van der Waals surface area contributed by atoms with Crippen LogP contribution in [-0.2, 0) is 6.54 Å². The van der Waals surface area contributed by atoms with Crippen LogP contribution in [0, 0.1) is 20.8 Å². The molecular weight excluding hydrogens is 374 g/mol. The maximum absolute atomic E-state index is 5.62. The van der Waals surface area contributed by atoms with Crippen LogP contribution < -0.4 is 10.1 Å². The van der Waals surface area contributed by atoms with Crippen molar-refractivity contribution in [1.82, 2.24) is 19.9 Å². The van der Waals surface area contributed by atoms with Gasteiger partial charge in [0.1, 0.15) is 11.6 Å². The van der Waals surface area contributed by atoms with Gasteiger partial charge in [0.2, 0.25) is 5.95 Å². The maximum atomic E-state index is 5.62. The predicted molar refractivity (Wildman–Crippen MR) is 119 cm³/mol. The number of anilines is 2. The molecular formula is C24H29N5O. The number of nitrogens with one attached hydrogen (secondary N) is 1. The Balaban J connectivity index is 1.54. The highest BCUT2D eigenvalue weighted by Gasteiger charge is 2.28. The number of likely N-dealkylation sites (tertiary alicyclic amines) is 1. The van der Waals surface area contributed by atoms with Gasteiger partial charge in [-0.05, 0) is 70.0 Å². The molecule has 1 aliphatic heterocycles. The van der Waals surface area contributed by atoms with Crippen molar-refractivity contribution in [3.63, 3.8) is 0 Å². The van der Waals surface area contributed by atoms with E-state index in [0.29, 0.717) is 5.95 Å². The molecule has 0 amide bonds. The Kier molecular flexibility index (Phi) is 5.95. The van der Waals surface area contributed by atoms with Crippen molar-refractivity contribution < 1.29 is 4.74 Å². The molecule has 1 N–H and O–H groups in total. The number of aromatic nitrogens is 3. The van der Waals surface area contributed by atoms with Gasteiger partial charge in [-0.15, -0.1) is 0 Å². The molecule has 0 unspecified atom stereocenters. The number of benzene rings is 1. The summed E-state index contributed by atoms with van der Waals surface area (Å²) in [5.74, 6) is 2.32. The molecule has 156 valence electrons. The van der Waals surface area contributed by atoms with Crippen molar-refractivity contribution in [2.45, 2.75) is 46.2 Å². The van der Waals surface area contributed by atoms with Gasteiger partial charge < -0.3 is 10.1 Å². The minimum atomic E-state index is 0.290. The average Bonchev–Trinajstić information content (AvgIpc) is 3.17.